The number of halogens is 1. The number of benzene rings is 3. The second-order valence-electron chi connectivity index (χ2n) is 23.7. The lowest BCUT2D eigenvalue weighted by molar-refractivity contribution is -0.0536. The Morgan fingerprint density at radius 2 is 0.863 bits per heavy atom. The quantitative estimate of drug-likeness (QED) is 0.116. The predicted molar refractivity (Wildman–Crippen MR) is 301 cm³/mol. The summed E-state index contributed by atoms with van der Waals surface area (Å²) in [6.45, 7) is 29.6. The van der Waals surface area contributed by atoms with E-state index in [4.69, 9.17) is 18.9 Å². The van der Waals surface area contributed by atoms with Gasteiger partial charge in [-0.2, -0.15) is 5.10 Å². The molecule has 8 atom stereocenters. The van der Waals surface area contributed by atoms with Gasteiger partial charge in [-0.3, -0.25) is 24.3 Å². The van der Waals surface area contributed by atoms with Crippen molar-refractivity contribution < 1.29 is 23.3 Å². The van der Waals surface area contributed by atoms with Crippen LogP contribution in [0.3, 0.4) is 0 Å². The molecule has 0 N–H and O–H groups in total. The van der Waals surface area contributed by atoms with Gasteiger partial charge in [0.25, 0.3) is 0 Å². The summed E-state index contributed by atoms with van der Waals surface area (Å²) in [7, 11) is 9.06. The zero-order chi connectivity index (χ0) is 53.0. The van der Waals surface area contributed by atoms with Gasteiger partial charge in [-0.25, -0.2) is 4.39 Å². The molecule has 1 aliphatic heterocycles. The molecule has 5 rings (SSSR count). The molecule has 1 fully saturated rings. The Labute approximate surface area is 443 Å². The smallest absolute Gasteiger partial charge is 0.123 e. The van der Waals surface area contributed by atoms with E-state index in [2.05, 4.69) is 177 Å². The van der Waals surface area contributed by atoms with Gasteiger partial charge in [-0.15, -0.1) is 0 Å². The Bertz CT molecular complexity index is 2070. The van der Waals surface area contributed by atoms with Crippen LogP contribution in [0.15, 0.2) is 91.3 Å². The number of nitrogens with zero attached hydrogens (tertiary/aromatic N) is 6. The van der Waals surface area contributed by atoms with E-state index < -0.39 is 0 Å². The van der Waals surface area contributed by atoms with E-state index in [0.717, 1.165) is 75.8 Å². The SMILES string of the molecule is CC(C)C[C@H]1CO[C@H](C)CN(C)[C@@H](CC(C)C)CO[C@H](Cc2ccccc2)CN(C)[C@@H](CC(C)C)CO[C@H](C)CN(C)[C@@H](CC(C)C)CO[C@H](Cc2ccc(Cn3cc(-c4ccc(F)cc4)cn3)cc2)CN1C. The lowest BCUT2D eigenvalue weighted by Crippen LogP contribution is -2.47. The van der Waals surface area contributed by atoms with Gasteiger partial charge in [0, 0.05) is 62.1 Å². The lowest BCUT2D eigenvalue weighted by Gasteiger charge is -2.37. The number of ether oxygens (including phenoxy) is 4. The minimum absolute atomic E-state index is 0.0319. The van der Waals surface area contributed by atoms with Gasteiger partial charge in [0.1, 0.15) is 5.82 Å². The predicted octanol–water partition coefficient (Wildman–Crippen LogP) is 11.5. The average Bonchev–Trinajstić information content (AvgIpc) is 3.80. The maximum absolute atomic E-state index is 13.6. The van der Waals surface area contributed by atoms with Gasteiger partial charge < -0.3 is 18.9 Å². The summed E-state index contributed by atoms with van der Waals surface area (Å²) >= 11 is 0. The largest absolute Gasteiger partial charge is 0.376 e. The molecule has 1 aromatic heterocycles. The van der Waals surface area contributed by atoms with Crippen LogP contribution in [0, 0.1) is 29.5 Å². The fraction of sp³-hybridized carbons (Fsp3) is 0.661. The molecule has 0 unspecified atom stereocenters. The molecule has 0 radical (unpaired) electrons. The third-order valence-corrected chi connectivity index (χ3v) is 14.7. The highest BCUT2D eigenvalue weighted by molar-refractivity contribution is 5.61. The van der Waals surface area contributed by atoms with Crippen molar-refractivity contribution in [2.45, 2.75) is 163 Å². The van der Waals surface area contributed by atoms with Crippen molar-refractivity contribution in [3.8, 4) is 11.1 Å². The molecule has 0 saturated carbocycles. The van der Waals surface area contributed by atoms with Gasteiger partial charge in [-0.05, 0) is 139 Å². The second kappa shape index (κ2) is 30.9. The van der Waals surface area contributed by atoms with Crippen LogP contribution in [0.2, 0.25) is 0 Å². The first-order valence-corrected chi connectivity index (χ1v) is 28.0. The zero-order valence-corrected chi connectivity index (χ0v) is 47.9. The molecule has 0 spiro atoms. The highest BCUT2D eigenvalue weighted by Crippen LogP contribution is 2.23. The topological polar surface area (TPSA) is 67.7 Å². The summed E-state index contributed by atoms with van der Waals surface area (Å²) in [4.78, 5) is 10.00. The first-order valence-electron chi connectivity index (χ1n) is 28.0. The molecular weight excluding hydrogens is 912 g/mol. The Morgan fingerprint density at radius 1 is 0.479 bits per heavy atom. The maximum Gasteiger partial charge on any atom is 0.123 e. The Morgan fingerprint density at radius 3 is 1.29 bits per heavy atom. The highest BCUT2D eigenvalue weighted by Gasteiger charge is 2.29. The molecule has 1 saturated heterocycles. The van der Waals surface area contributed by atoms with Crippen LogP contribution >= 0.6 is 0 Å². The summed E-state index contributed by atoms with van der Waals surface area (Å²) in [5.74, 6) is 1.85. The maximum atomic E-state index is 13.6. The monoisotopic (exact) mass is 1010 g/mol. The van der Waals surface area contributed by atoms with Crippen molar-refractivity contribution in [1.82, 2.24) is 29.4 Å². The Kier molecular flexibility index (Phi) is 25.5. The van der Waals surface area contributed by atoms with Crippen molar-refractivity contribution in [2.75, 3.05) is 80.8 Å². The molecule has 3 aromatic carbocycles. The molecule has 0 bridgehead atoms. The Balaban J connectivity index is 1.39. The fourth-order valence-corrected chi connectivity index (χ4v) is 10.6. The molecule has 11 heteroatoms. The van der Waals surface area contributed by atoms with Crippen LogP contribution in [0.5, 0.6) is 0 Å². The van der Waals surface area contributed by atoms with Gasteiger partial charge in [0.05, 0.1) is 63.6 Å². The summed E-state index contributed by atoms with van der Waals surface area (Å²) < 4.78 is 43.5. The molecular formula is C62H99FN6O4. The molecule has 4 aromatic rings. The van der Waals surface area contributed by atoms with E-state index in [0.29, 0.717) is 56.6 Å². The van der Waals surface area contributed by atoms with E-state index in [-0.39, 0.29) is 54.4 Å². The third kappa shape index (κ3) is 21.9. The van der Waals surface area contributed by atoms with E-state index in [1.54, 1.807) is 12.1 Å². The van der Waals surface area contributed by atoms with Crippen LogP contribution in [0.1, 0.15) is 112 Å². The molecule has 10 nitrogen and oxygen atoms in total. The van der Waals surface area contributed by atoms with Gasteiger partial charge in [-0.1, -0.05) is 122 Å². The van der Waals surface area contributed by atoms with Crippen molar-refractivity contribution in [3.05, 3.63) is 114 Å². The van der Waals surface area contributed by atoms with E-state index in [9.17, 15) is 4.39 Å². The molecule has 0 amide bonds. The summed E-state index contributed by atoms with van der Waals surface area (Å²) in [5, 5.41) is 4.63. The van der Waals surface area contributed by atoms with E-state index in [1.807, 2.05) is 17.1 Å². The van der Waals surface area contributed by atoms with Gasteiger partial charge in [0.2, 0.25) is 0 Å². The van der Waals surface area contributed by atoms with E-state index in [1.165, 1.54) is 28.8 Å². The third-order valence-electron chi connectivity index (χ3n) is 14.7. The zero-order valence-electron chi connectivity index (χ0n) is 47.9. The van der Waals surface area contributed by atoms with Crippen LogP contribution in [0.25, 0.3) is 11.1 Å². The van der Waals surface area contributed by atoms with Crippen LogP contribution < -0.4 is 0 Å². The molecule has 2 heterocycles. The summed E-state index contributed by atoms with van der Waals surface area (Å²) in [6, 6.07) is 27.4. The Hall–Kier alpha value is -3.52. The first-order chi connectivity index (χ1) is 34.8. The van der Waals surface area contributed by atoms with Gasteiger partial charge >= 0.3 is 0 Å². The molecule has 0 aliphatic carbocycles. The normalized spacial score (nSPS) is 25.5. The van der Waals surface area contributed by atoms with Crippen molar-refractivity contribution in [3.63, 3.8) is 0 Å². The number of rotatable bonds is 15. The van der Waals surface area contributed by atoms with Crippen LogP contribution in [-0.4, -0.2) is 159 Å². The second-order valence-corrected chi connectivity index (χ2v) is 23.7. The number of hydrogen-bond donors (Lipinski definition) is 0. The highest BCUT2D eigenvalue weighted by atomic mass is 19.1. The lowest BCUT2D eigenvalue weighted by atomic mass is 10.0. The fourth-order valence-electron chi connectivity index (χ4n) is 10.6. The van der Waals surface area contributed by atoms with Gasteiger partial charge in [0.15, 0.2) is 0 Å². The standard InChI is InChI=1S/C62H99FN6O4/c1-45(2)28-57-41-70-50(10)36-66(12)60(31-48(7)8)44-73-62(33-52-20-22-53(23-21-52)37-69-38-55(34-64-69)54-24-26-56(63)27-25-54)40-68(14)58(29-46(3)4)42-71-49(9)35-65(11)59(30-47(5)6)43-72-61(39-67(57)13)32-51-18-16-15-17-19-51/h15-27,34,38,45-50,57-62H,28-33,35-37,39-44H2,1-14H3/t49-,50-,57+,58+,59+,60+,61-,62-/m1/s1. The molecule has 73 heavy (non-hydrogen) atoms. The van der Waals surface area contributed by atoms with E-state index >= 15 is 0 Å². The van der Waals surface area contributed by atoms with Crippen LogP contribution in [0.4, 0.5) is 4.39 Å². The average molecular weight is 1010 g/mol. The molecule has 408 valence electrons. The number of aromatic nitrogens is 2. The minimum Gasteiger partial charge on any atom is -0.376 e. The summed E-state index contributed by atoms with van der Waals surface area (Å²) in [6.07, 6.45) is 9.82. The number of likely N-dealkylation sites (N-methyl/N-ethyl adjacent to an activating group) is 4. The first kappa shape index (κ1) is 60.3. The van der Waals surface area contributed by atoms with Crippen LogP contribution in [-0.2, 0) is 38.3 Å². The molecule has 1 aliphatic rings. The number of hydrogen-bond acceptors (Lipinski definition) is 9. The van der Waals surface area contributed by atoms with Crippen molar-refractivity contribution >= 4 is 0 Å². The minimum atomic E-state index is -0.239. The van der Waals surface area contributed by atoms with Crippen molar-refractivity contribution in [2.24, 2.45) is 23.7 Å². The van der Waals surface area contributed by atoms with Crippen molar-refractivity contribution in [1.29, 1.82) is 0 Å². The summed E-state index contributed by atoms with van der Waals surface area (Å²) in [5.41, 5.74) is 5.65.